The number of amides is 2. The van der Waals surface area contributed by atoms with Gasteiger partial charge in [-0.05, 0) is 37.5 Å². The van der Waals surface area contributed by atoms with Crippen molar-refractivity contribution in [1.29, 1.82) is 0 Å². The first-order chi connectivity index (χ1) is 12.1. The van der Waals surface area contributed by atoms with E-state index in [-0.39, 0.29) is 23.5 Å². The van der Waals surface area contributed by atoms with Crippen molar-refractivity contribution >= 4 is 33.2 Å². The van der Waals surface area contributed by atoms with Crippen molar-refractivity contribution in [2.45, 2.75) is 32.6 Å². The van der Waals surface area contributed by atoms with Crippen LogP contribution < -0.4 is 5.32 Å². The minimum Gasteiger partial charge on any atom is -0.356 e. The first-order valence-corrected chi connectivity index (χ1v) is 9.67. The summed E-state index contributed by atoms with van der Waals surface area (Å²) in [5.74, 6) is -0.528. The van der Waals surface area contributed by atoms with Gasteiger partial charge in [-0.3, -0.25) is 9.59 Å². The molecule has 2 heterocycles. The molecule has 0 spiro atoms. The third-order valence-corrected chi connectivity index (χ3v) is 5.72. The largest absolute Gasteiger partial charge is 0.356 e. The van der Waals surface area contributed by atoms with Crippen LogP contribution in [0.5, 0.6) is 0 Å². The minimum atomic E-state index is -0.306. The molecule has 1 N–H and O–H groups in total. The van der Waals surface area contributed by atoms with Gasteiger partial charge in [0.1, 0.15) is 5.82 Å². The molecule has 0 aliphatic carbocycles. The Kier molecular flexibility index (Phi) is 5.68. The smallest absolute Gasteiger partial charge is 0.263 e. The Bertz CT molecular complexity index is 774. The number of likely N-dealkylation sites (tertiary alicyclic amines) is 1. The van der Waals surface area contributed by atoms with Crippen LogP contribution in [0.3, 0.4) is 0 Å². The molecule has 25 heavy (non-hydrogen) atoms. The highest BCUT2D eigenvalue weighted by Crippen LogP contribution is 2.29. The highest BCUT2D eigenvalue weighted by molar-refractivity contribution is 7.20. The number of carbonyl (C=O) groups is 2. The zero-order chi connectivity index (χ0) is 17.8. The molecule has 1 aromatic heterocycles. The fourth-order valence-corrected chi connectivity index (χ4v) is 4.24. The second-order valence-electron chi connectivity index (χ2n) is 6.50. The fourth-order valence-electron chi connectivity index (χ4n) is 3.19. The van der Waals surface area contributed by atoms with E-state index in [2.05, 4.69) is 12.2 Å². The van der Waals surface area contributed by atoms with Gasteiger partial charge < -0.3 is 10.2 Å². The third kappa shape index (κ3) is 4.00. The van der Waals surface area contributed by atoms with Gasteiger partial charge in [-0.15, -0.1) is 11.3 Å². The number of unbranched alkanes of at least 4 members (excludes halogenated alkanes) is 1. The van der Waals surface area contributed by atoms with Gasteiger partial charge in [0.2, 0.25) is 5.91 Å². The topological polar surface area (TPSA) is 49.4 Å². The molecule has 1 saturated heterocycles. The highest BCUT2D eigenvalue weighted by Gasteiger charge is 2.29. The molecule has 6 heteroatoms. The summed E-state index contributed by atoms with van der Waals surface area (Å²) in [6.45, 7) is 3.86. The molecule has 1 aromatic carbocycles. The molecule has 1 fully saturated rings. The van der Waals surface area contributed by atoms with Gasteiger partial charge in [0.05, 0.1) is 10.8 Å². The van der Waals surface area contributed by atoms with E-state index in [1.54, 1.807) is 17.0 Å². The van der Waals surface area contributed by atoms with Crippen LogP contribution in [-0.4, -0.2) is 36.3 Å². The second kappa shape index (κ2) is 7.95. The van der Waals surface area contributed by atoms with Crippen molar-refractivity contribution in [2.24, 2.45) is 5.92 Å². The standard InChI is InChI=1S/C19H23FN2O2S/c1-2-3-9-21-18(23)13-6-5-10-22(12-13)19(24)17-11-14-15(20)7-4-8-16(14)25-17/h4,7-8,11,13H,2-3,5-6,9-10,12H2,1H3,(H,21,23). The summed E-state index contributed by atoms with van der Waals surface area (Å²) >= 11 is 1.31. The number of halogens is 1. The average Bonchev–Trinajstić information content (AvgIpc) is 3.07. The summed E-state index contributed by atoms with van der Waals surface area (Å²) < 4.78 is 14.6. The number of nitrogens with one attached hydrogen (secondary N) is 1. The van der Waals surface area contributed by atoms with Crippen LogP contribution in [-0.2, 0) is 4.79 Å². The van der Waals surface area contributed by atoms with Crippen LogP contribution in [0.25, 0.3) is 10.1 Å². The van der Waals surface area contributed by atoms with Crippen LogP contribution in [0.1, 0.15) is 42.3 Å². The van der Waals surface area contributed by atoms with Gasteiger partial charge >= 0.3 is 0 Å². The Morgan fingerprint density at radius 3 is 3.00 bits per heavy atom. The van der Waals surface area contributed by atoms with E-state index in [1.807, 2.05) is 6.07 Å². The Morgan fingerprint density at radius 2 is 2.24 bits per heavy atom. The maximum absolute atomic E-state index is 13.8. The normalized spacial score (nSPS) is 17.7. The van der Waals surface area contributed by atoms with Gasteiger partial charge in [-0.2, -0.15) is 0 Å². The predicted molar refractivity (Wildman–Crippen MR) is 98.3 cm³/mol. The maximum Gasteiger partial charge on any atom is 0.263 e. The van der Waals surface area contributed by atoms with Crippen molar-refractivity contribution in [3.8, 4) is 0 Å². The van der Waals surface area contributed by atoms with Crippen molar-refractivity contribution in [1.82, 2.24) is 10.2 Å². The molecule has 0 bridgehead atoms. The van der Waals surface area contributed by atoms with Crippen molar-refractivity contribution in [3.63, 3.8) is 0 Å². The molecule has 1 aliphatic heterocycles. The van der Waals surface area contributed by atoms with E-state index in [0.717, 1.165) is 30.4 Å². The molecule has 1 unspecified atom stereocenters. The molecule has 1 aliphatic rings. The first-order valence-electron chi connectivity index (χ1n) is 8.85. The van der Waals surface area contributed by atoms with E-state index < -0.39 is 0 Å². The Hall–Kier alpha value is -1.95. The van der Waals surface area contributed by atoms with E-state index in [9.17, 15) is 14.0 Å². The van der Waals surface area contributed by atoms with E-state index in [0.29, 0.717) is 29.9 Å². The molecule has 134 valence electrons. The summed E-state index contributed by atoms with van der Waals surface area (Å²) in [6.07, 6.45) is 3.63. The molecular formula is C19H23FN2O2S. The van der Waals surface area contributed by atoms with Crippen molar-refractivity contribution in [3.05, 3.63) is 35.0 Å². The molecule has 2 amide bonds. The zero-order valence-corrected chi connectivity index (χ0v) is 15.2. The van der Waals surface area contributed by atoms with Crippen molar-refractivity contribution < 1.29 is 14.0 Å². The Morgan fingerprint density at radius 1 is 1.40 bits per heavy atom. The van der Waals surface area contributed by atoms with Crippen LogP contribution in [0.4, 0.5) is 4.39 Å². The first kappa shape index (κ1) is 17.9. The quantitative estimate of drug-likeness (QED) is 0.823. The summed E-state index contributed by atoms with van der Waals surface area (Å²) in [4.78, 5) is 27.3. The summed E-state index contributed by atoms with van der Waals surface area (Å²) in [7, 11) is 0. The van der Waals surface area contributed by atoms with Gasteiger partial charge in [0.25, 0.3) is 5.91 Å². The number of fused-ring (bicyclic) bond motifs is 1. The molecular weight excluding hydrogens is 339 g/mol. The number of nitrogens with zero attached hydrogens (tertiary/aromatic N) is 1. The molecule has 4 nitrogen and oxygen atoms in total. The molecule has 0 radical (unpaired) electrons. The second-order valence-corrected chi connectivity index (χ2v) is 7.58. The predicted octanol–water partition coefficient (Wildman–Crippen LogP) is 3.81. The third-order valence-electron chi connectivity index (χ3n) is 4.63. The molecule has 2 aromatic rings. The number of rotatable bonds is 5. The lowest BCUT2D eigenvalue weighted by Gasteiger charge is -2.31. The van der Waals surface area contributed by atoms with Gasteiger partial charge in [-0.25, -0.2) is 4.39 Å². The molecule has 0 saturated carbocycles. The van der Waals surface area contributed by atoms with E-state index >= 15 is 0 Å². The lowest BCUT2D eigenvalue weighted by Crippen LogP contribution is -2.45. The minimum absolute atomic E-state index is 0.0355. The Labute approximate surface area is 151 Å². The van der Waals surface area contributed by atoms with E-state index in [1.165, 1.54) is 17.4 Å². The fraction of sp³-hybridized carbons (Fsp3) is 0.474. The number of piperidine rings is 1. The van der Waals surface area contributed by atoms with Crippen molar-refractivity contribution in [2.75, 3.05) is 19.6 Å². The summed E-state index contributed by atoms with van der Waals surface area (Å²) in [5, 5.41) is 3.45. The van der Waals surface area contributed by atoms with Crippen LogP contribution in [0, 0.1) is 11.7 Å². The number of hydrogen-bond acceptors (Lipinski definition) is 3. The van der Waals surface area contributed by atoms with Gasteiger partial charge in [0, 0.05) is 29.7 Å². The SMILES string of the molecule is CCCCNC(=O)C1CCCN(C(=O)c2cc3c(F)cccc3s2)C1. The molecule has 3 rings (SSSR count). The Balaban J connectivity index is 1.68. The van der Waals surface area contributed by atoms with Crippen LogP contribution in [0.2, 0.25) is 0 Å². The maximum atomic E-state index is 13.8. The zero-order valence-electron chi connectivity index (χ0n) is 14.4. The lowest BCUT2D eigenvalue weighted by atomic mass is 9.97. The summed E-state index contributed by atoms with van der Waals surface area (Å²) in [6, 6.07) is 6.50. The van der Waals surface area contributed by atoms with Crippen LogP contribution in [0.15, 0.2) is 24.3 Å². The monoisotopic (exact) mass is 362 g/mol. The summed E-state index contributed by atoms with van der Waals surface area (Å²) in [5.41, 5.74) is 0. The van der Waals surface area contributed by atoms with E-state index in [4.69, 9.17) is 0 Å². The number of carbonyl (C=O) groups excluding carboxylic acids is 2. The highest BCUT2D eigenvalue weighted by atomic mass is 32.1. The average molecular weight is 362 g/mol. The molecule has 1 atom stereocenters. The number of benzene rings is 1. The number of hydrogen-bond donors (Lipinski definition) is 1. The van der Waals surface area contributed by atoms with Crippen LogP contribution >= 0.6 is 11.3 Å². The number of thiophene rings is 1. The van der Waals surface area contributed by atoms with Gasteiger partial charge in [-0.1, -0.05) is 19.4 Å². The lowest BCUT2D eigenvalue weighted by molar-refractivity contribution is -0.126. The van der Waals surface area contributed by atoms with Gasteiger partial charge in [0.15, 0.2) is 0 Å².